The fourth-order valence-electron chi connectivity index (χ4n) is 9.38. The van der Waals surface area contributed by atoms with Gasteiger partial charge in [-0.3, -0.25) is 0 Å². The molecule has 3 heteroatoms. The monoisotopic (exact) mass is 586 g/mol. The van der Waals surface area contributed by atoms with E-state index in [1.165, 1.54) is 61.4 Å². The Morgan fingerprint density at radius 1 is 0.800 bits per heavy atom. The maximum absolute atomic E-state index is 6.51. The molecule has 0 amide bonds. The van der Waals surface area contributed by atoms with Gasteiger partial charge in [-0.25, -0.2) is 0 Å². The van der Waals surface area contributed by atoms with Gasteiger partial charge in [0, 0.05) is 45.5 Å². The predicted octanol–water partition coefficient (Wildman–Crippen LogP) is 9.93. The normalized spacial score (nSPS) is 27.6. The summed E-state index contributed by atoms with van der Waals surface area (Å²) >= 11 is 0. The molecule has 0 spiro atoms. The second-order valence-corrected chi connectivity index (χ2v) is 13.6. The largest absolute Gasteiger partial charge is 0.486 e. The molecule has 45 heavy (non-hydrogen) atoms. The van der Waals surface area contributed by atoms with Crippen molar-refractivity contribution in [2.45, 2.75) is 69.6 Å². The van der Waals surface area contributed by atoms with Crippen molar-refractivity contribution in [3.63, 3.8) is 0 Å². The minimum Gasteiger partial charge on any atom is -0.486 e. The Hall–Kier alpha value is -4.50. The van der Waals surface area contributed by atoms with Gasteiger partial charge < -0.3 is 14.2 Å². The average Bonchev–Trinajstić information content (AvgIpc) is 3.76. The molecule has 3 aromatic rings. The Balaban J connectivity index is 1.06. The zero-order valence-corrected chi connectivity index (χ0v) is 25.7. The van der Waals surface area contributed by atoms with E-state index in [9.17, 15) is 0 Å². The molecule has 0 N–H and O–H groups in total. The lowest BCUT2D eigenvalue weighted by Gasteiger charge is -2.34. The molecule has 222 valence electrons. The molecule has 0 bridgehead atoms. The van der Waals surface area contributed by atoms with Crippen molar-refractivity contribution in [1.29, 1.82) is 0 Å². The molecule has 2 aromatic carbocycles. The lowest BCUT2D eigenvalue weighted by Crippen LogP contribution is -2.31. The van der Waals surface area contributed by atoms with Crippen LogP contribution >= 0.6 is 0 Å². The maximum Gasteiger partial charge on any atom is 0.125 e. The lowest BCUT2D eigenvalue weighted by molar-refractivity contribution is 0.130. The third-order valence-electron chi connectivity index (χ3n) is 11.3. The van der Waals surface area contributed by atoms with Gasteiger partial charge in [-0.1, -0.05) is 66.8 Å². The number of hydrogen-bond donors (Lipinski definition) is 0. The lowest BCUT2D eigenvalue weighted by atomic mass is 9.79. The highest BCUT2D eigenvalue weighted by Crippen LogP contribution is 2.50. The molecule has 0 fully saturated rings. The minimum atomic E-state index is 0.157. The number of ether oxygens (including phenoxy) is 1. The average molecular weight is 587 g/mol. The summed E-state index contributed by atoms with van der Waals surface area (Å²) in [5.74, 6) is 1.56. The number of fused-ring (bicyclic) bond motifs is 7. The van der Waals surface area contributed by atoms with Crippen LogP contribution in [0.3, 0.4) is 0 Å². The van der Waals surface area contributed by atoms with Crippen LogP contribution in [0.5, 0.6) is 0 Å². The Labute approximate surface area is 265 Å². The first-order valence-corrected chi connectivity index (χ1v) is 17.1. The third-order valence-corrected chi connectivity index (χ3v) is 11.3. The van der Waals surface area contributed by atoms with Crippen LogP contribution in [0.25, 0.3) is 22.6 Å². The molecule has 0 saturated heterocycles. The molecular weight excluding hydrogens is 548 g/mol. The smallest absolute Gasteiger partial charge is 0.125 e. The number of hydrogen-bond acceptors (Lipinski definition) is 2. The first-order chi connectivity index (χ1) is 22.3. The molecule has 1 aromatic heterocycles. The van der Waals surface area contributed by atoms with Gasteiger partial charge in [-0.15, -0.1) is 0 Å². The summed E-state index contributed by atoms with van der Waals surface area (Å²) in [5.41, 5.74) is 14.3. The fraction of sp³-hybridized carbons (Fsp3) is 0.286. The first kappa shape index (κ1) is 25.8. The number of aromatic nitrogens is 1. The second-order valence-electron chi connectivity index (χ2n) is 13.6. The van der Waals surface area contributed by atoms with Crippen molar-refractivity contribution in [2.75, 3.05) is 4.90 Å². The van der Waals surface area contributed by atoms with Crippen molar-refractivity contribution >= 4 is 28.2 Å². The Bertz CT molecular complexity index is 2010. The highest BCUT2D eigenvalue weighted by atomic mass is 16.5. The number of para-hydroxylation sites is 1. The van der Waals surface area contributed by atoms with E-state index in [2.05, 4.69) is 119 Å². The quantitative estimate of drug-likeness (QED) is 0.284. The van der Waals surface area contributed by atoms with Gasteiger partial charge in [0.2, 0.25) is 0 Å². The highest BCUT2D eigenvalue weighted by molar-refractivity contribution is 5.95. The zero-order valence-electron chi connectivity index (χ0n) is 25.7. The van der Waals surface area contributed by atoms with Gasteiger partial charge in [-0.05, 0) is 122 Å². The fourth-order valence-corrected chi connectivity index (χ4v) is 9.38. The highest BCUT2D eigenvalue weighted by Gasteiger charge is 2.43. The molecular formula is C42H38N2O. The number of anilines is 1. The standard InChI is InChI=1S/C42H38N2O/c1-2-11-29(12-3-1)43-35-16-7-4-13-30(35)33-25-27(21-23-37(33)43)28-22-24-38-34(26-28)31-14-5-8-17-36(31)44(38)39-18-10-20-41-42(39)32-15-6-9-19-40(32)45-41/h1-5,9-14,19-22,24-26,37,39,41-42H,6-8,15-18,23H2/t37?,39-,41?,42?/m0/s1. The molecule has 0 saturated carbocycles. The third kappa shape index (κ3) is 3.83. The van der Waals surface area contributed by atoms with Gasteiger partial charge in [0.05, 0.1) is 6.04 Å². The summed E-state index contributed by atoms with van der Waals surface area (Å²) in [7, 11) is 0. The summed E-state index contributed by atoms with van der Waals surface area (Å²) < 4.78 is 9.25. The van der Waals surface area contributed by atoms with Crippen molar-refractivity contribution in [3.05, 3.63) is 148 Å². The molecule has 10 rings (SSSR count). The van der Waals surface area contributed by atoms with Gasteiger partial charge in [-0.2, -0.15) is 0 Å². The summed E-state index contributed by atoms with van der Waals surface area (Å²) in [5, 5.41) is 1.40. The van der Waals surface area contributed by atoms with Gasteiger partial charge >= 0.3 is 0 Å². The molecule has 3 nitrogen and oxygen atoms in total. The van der Waals surface area contributed by atoms with Crippen LogP contribution in [0.2, 0.25) is 0 Å². The minimum absolute atomic E-state index is 0.157. The van der Waals surface area contributed by atoms with E-state index in [0.29, 0.717) is 18.0 Å². The van der Waals surface area contributed by atoms with Crippen LogP contribution in [-0.4, -0.2) is 16.7 Å². The van der Waals surface area contributed by atoms with Crippen LogP contribution < -0.4 is 4.90 Å². The Morgan fingerprint density at radius 3 is 2.62 bits per heavy atom. The summed E-state index contributed by atoms with van der Waals surface area (Å²) in [4.78, 5) is 2.62. The van der Waals surface area contributed by atoms with Crippen LogP contribution in [0.4, 0.5) is 5.69 Å². The topological polar surface area (TPSA) is 17.4 Å². The summed E-state index contributed by atoms with van der Waals surface area (Å²) in [6, 6.07) is 19.1. The van der Waals surface area contributed by atoms with Crippen molar-refractivity contribution in [1.82, 2.24) is 4.57 Å². The molecule has 3 heterocycles. The molecule has 5 aliphatic carbocycles. The van der Waals surface area contributed by atoms with Crippen molar-refractivity contribution < 1.29 is 4.74 Å². The molecule has 7 aliphatic rings. The van der Waals surface area contributed by atoms with Gasteiger partial charge in [0.1, 0.15) is 11.9 Å². The number of rotatable bonds is 3. The van der Waals surface area contributed by atoms with E-state index in [0.717, 1.165) is 57.1 Å². The number of benzene rings is 2. The number of nitrogens with zero attached hydrogens (tertiary/aromatic N) is 2. The first-order valence-electron chi connectivity index (χ1n) is 17.1. The van der Waals surface area contributed by atoms with Crippen LogP contribution in [-0.2, 0) is 11.2 Å². The van der Waals surface area contributed by atoms with E-state index in [4.69, 9.17) is 4.74 Å². The second kappa shape index (κ2) is 10.0. The van der Waals surface area contributed by atoms with E-state index in [1.54, 1.807) is 0 Å². The number of allylic oxidation sites excluding steroid dienone is 9. The SMILES string of the molecule is C1=CC2=C(CC1)C1C(C=CC[C@@H]1n1c3c(c4cc(C5=CCC6C(=C5)C5=C(CCC=C5)N6c5ccccc5)ccc41)C=CCC3)O2. The summed E-state index contributed by atoms with van der Waals surface area (Å²) in [6.45, 7) is 0. The van der Waals surface area contributed by atoms with E-state index < -0.39 is 0 Å². The zero-order chi connectivity index (χ0) is 29.5. The molecule has 2 aliphatic heterocycles. The van der Waals surface area contributed by atoms with Gasteiger partial charge in [0.25, 0.3) is 0 Å². The maximum atomic E-state index is 6.51. The molecule has 3 unspecified atom stereocenters. The van der Waals surface area contributed by atoms with Crippen LogP contribution in [0, 0.1) is 5.92 Å². The van der Waals surface area contributed by atoms with Gasteiger partial charge in [0.15, 0.2) is 0 Å². The molecule has 0 radical (unpaired) electrons. The summed E-state index contributed by atoms with van der Waals surface area (Å²) in [6.07, 6.45) is 32.7. The van der Waals surface area contributed by atoms with Crippen LogP contribution in [0.1, 0.15) is 67.8 Å². The predicted molar refractivity (Wildman–Crippen MR) is 185 cm³/mol. The van der Waals surface area contributed by atoms with Crippen molar-refractivity contribution in [3.8, 4) is 0 Å². The van der Waals surface area contributed by atoms with Crippen molar-refractivity contribution in [2.24, 2.45) is 5.92 Å². The van der Waals surface area contributed by atoms with Crippen LogP contribution in [0.15, 0.2) is 131 Å². The molecule has 4 atom stereocenters. The van der Waals surface area contributed by atoms with E-state index >= 15 is 0 Å². The van der Waals surface area contributed by atoms with E-state index in [-0.39, 0.29) is 6.10 Å². The Morgan fingerprint density at radius 2 is 1.67 bits per heavy atom. The Kier molecular flexibility index (Phi) is 5.73. The van der Waals surface area contributed by atoms with E-state index in [1.807, 2.05) is 0 Å².